The molecule has 0 bridgehead atoms. The highest BCUT2D eigenvalue weighted by Gasteiger charge is 2.21. The molecule has 6 nitrogen and oxygen atoms in total. The molecule has 1 saturated heterocycles. The average molecular weight is 409 g/mol. The first-order valence-electron chi connectivity index (χ1n) is 8.82. The Morgan fingerprint density at radius 3 is 2.70 bits per heavy atom. The van der Waals surface area contributed by atoms with E-state index in [1.807, 2.05) is 17.0 Å². The fourth-order valence-electron chi connectivity index (χ4n) is 3.20. The highest BCUT2D eigenvalue weighted by molar-refractivity contribution is 6.42. The van der Waals surface area contributed by atoms with Gasteiger partial charge in [0.25, 0.3) is 0 Å². The van der Waals surface area contributed by atoms with E-state index in [4.69, 9.17) is 27.9 Å². The van der Waals surface area contributed by atoms with Gasteiger partial charge in [-0.05, 0) is 25.0 Å². The number of aromatic nitrogens is 2. The zero-order chi connectivity index (χ0) is 19.4. The van der Waals surface area contributed by atoms with Crippen LogP contribution in [0.25, 0.3) is 11.3 Å². The fourth-order valence-corrected chi connectivity index (χ4v) is 3.57. The number of hydrogen-bond donors (Lipinski definition) is 1. The summed E-state index contributed by atoms with van der Waals surface area (Å²) in [6.07, 6.45) is 3.48. The number of halogens is 2. The third-order valence-corrected chi connectivity index (χ3v) is 5.54. The van der Waals surface area contributed by atoms with Gasteiger partial charge in [-0.15, -0.1) is 0 Å². The quantitative estimate of drug-likeness (QED) is 0.765. The molecule has 2 aromatic rings. The second-order valence-corrected chi connectivity index (χ2v) is 7.23. The molecule has 1 aliphatic rings. The van der Waals surface area contributed by atoms with Crippen LogP contribution in [0.15, 0.2) is 24.4 Å². The molecule has 0 unspecified atom stereocenters. The van der Waals surface area contributed by atoms with Gasteiger partial charge in [0.2, 0.25) is 11.8 Å². The van der Waals surface area contributed by atoms with Crippen LogP contribution in [-0.2, 0) is 11.3 Å². The first-order chi connectivity index (χ1) is 13.0. The van der Waals surface area contributed by atoms with Gasteiger partial charge in [0.05, 0.1) is 17.8 Å². The minimum atomic E-state index is 0.143. The fraction of sp³-hybridized carbons (Fsp3) is 0.421. The minimum absolute atomic E-state index is 0.143. The molecule has 3 heterocycles. The van der Waals surface area contributed by atoms with Crippen molar-refractivity contribution in [2.75, 3.05) is 20.2 Å². The van der Waals surface area contributed by atoms with Crippen LogP contribution < -0.4 is 10.1 Å². The normalized spacial score (nSPS) is 15.0. The number of carbonyl (C=O) groups excluding carboxylic acids is 1. The van der Waals surface area contributed by atoms with Gasteiger partial charge in [-0.3, -0.25) is 4.79 Å². The van der Waals surface area contributed by atoms with Crippen molar-refractivity contribution in [3.8, 4) is 17.1 Å². The van der Waals surface area contributed by atoms with Gasteiger partial charge in [0.1, 0.15) is 5.15 Å². The number of nitrogens with zero attached hydrogens (tertiary/aromatic N) is 3. The first kappa shape index (κ1) is 19.9. The lowest BCUT2D eigenvalue weighted by Crippen LogP contribution is -2.44. The molecule has 1 fully saturated rings. The molecular weight excluding hydrogens is 387 g/mol. The maximum absolute atomic E-state index is 11.4. The number of piperidine rings is 1. The standard InChI is InChI=1S/C19H22Cl2N4O2/c1-12(26)25-9-6-14(7-10-25)23-11-13-3-4-16(24-19(13)27-2)15-5-8-22-18(21)17(15)20/h3-5,8,14,23H,6-7,9-11H2,1-2H3. The third-order valence-electron chi connectivity index (χ3n) is 4.78. The van der Waals surface area contributed by atoms with Gasteiger partial charge < -0.3 is 15.0 Å². The van der Waals surface area contributed by atoms with E-state index in [9.17, 15) is 4.79 Å². The van der Waals surface area contributed by atoms with Crippen LogP contribution in [0.1, 0.15) is 25.3 Å². The molecule has 2 aromatic heterocycles. The molecule has 1 amide bonds. The van der Waals surface area contributed by atoms with Crippen LogP contribution in [0.3, 0.4) is 0 Å². The number of pyridine rings is 2. The average Bonchev–Trinajstić information content (AvgIpc) is 2.68. The van der Waals surface area contributed by atoms with Crippen LogP contribution >= 0.6 is 23.2 Å². The molecular formula is C19H22Cl2N4O2. The van der Waals surface area contributed by atoms with Crippen LogP contribution in [0.2, 0.25) is 10.2 Å². The molecule has 1 aliphatic heterocycles. The third kappa shape index (κ3) is 4.69. The Balaban J connectivity index is 1.68. The summed E-state index contributed by atoms with van der Waals surface area (Å²) in [6.45, 7) is 3.85. The van der Waals surface area contributed by atoms with Crippen LogP contribution in [0, 0.1) is 0 Å². The van der Waals surface area contributed by atoms with Crippen LogP contribution in [-0.4, -0.2) is 47.0 Å². The summed E-state index contributed by atoms with van der Waals surface area (Å²) in [4.78, 5) is 21.8. The summed E-state index contributed by atoms with van der Waals surface area (Å²) >= 11 is 12.2. The number of rotatable bonds is 5. The Labute approximate surface area is 168 Å². The molecule has 0 spiro atoms. The molecule has 0 radical (unpaired) electrons. The first-order valence-corrected chi connectivity index (χ1v) is 9.58. The van der Waals surface area contributed by atoms with Gasteiger partial charge in [0, 0.05) is 49.9 Å². The van der Waals surface area contributed by atoms with Crippen molar-refractivity contribution in [3.05, 3.63) is 40.1 Å². The number of likely N-dealkylation sites (tertiary alicyclic amines) is 1. The van der Waals surface area contributed by atoms with Crippen molar-refractivity contribution >= 4 is 29.1 Å². The summed E-state index contributed by atoms with van der Waals surface area (Å²) in [7, 11) is 1.60. The summed E-state index contributed by atoms with van der Waals surface area (Å²) in [5.41, 5.74) is 2.36. The van der Waals surface area contributed by atoms with E-state index >= 15 is 0 Å². The van der Waals surface area contributed by atoms with Crippen molar-refractivity contribution in [2.45, 2.75) is 32.4 Å². The summed E-state index contributed by atoms with van der Waals surface area (Å²) in [5, 5.41) is 4.16. The number of methoxy groups -OCH3 is 1. The monoisotopic (exact) mass is 408 g/mol. The Bertz CT molecular complexity index is 823. The summed E-state index contributed by atoms with van der Waals surface area (Å²) < 4.78 is 5.47. The van der Waals surface area contributed by atoms with Crippen molar-refractivity contribution in [1.29, 1.82) is 0 Å². The summed E-state index contributed by atoms with van der Waals surface area (Å²) in [5.74, 6) is 0.690. The lowest BCUT2D eigenvalue weighted by Gasteiger charge is -2.31. The molecule has 8 heteroatoms. The van der Waals surface area contributed by atoms with Crippen LogP contribution in [0.4, 0.5) is 0 Å². The van der Waals surface area contributed by atoms with E-state index in [1.54, 1.807) is 26.3 Å². The van der Waals surface area contributed by atoms with Crippen molar-refractivity contribution in [1.82, 2.24) is 20.2 Å². The highest BCUT2D eigenvalue weighted by Crippen LogP contribution is 2.32. The number of amides is 1. The lowest BCUT2D eigenvalue weighted by molar-refractivity contribution is -0.129. The number of carbonyl (C=O) groups is 1. The predicted octanol–water partition coefficient (Wildman–Crippen LogP) is 3.56. The Hall–Kier alpha value is -1.89. The second-order valence-electron chi connectivity index (χ2n) is 6.49. The smallest absolute Gasteiger partial charge is 0.219 e. The Morgan fingerprint density at radius 2 is 2.04 bits per heavy atom. The summed E-state index contributed by atoms with van der Waals surface area (Å²) in [6, 6.07) is 6.02. The predicted molar refractivity (Wildman–Crippen MR) is 106 cm³/mol. The van der Waals surface area contributed by atoms with Gasteiger partial charge >= 0.3 is 0 Å². The van der Waals surface area contributed by atoms with E-state index < -0.39 is 0 Å². The molecule has 0 saturated carbocycles. The van der Waals surface area contributed by atoms with E-state index in [0.717, 1.165) is 31.5 Å². The molecule has 27 heavy (non-hydrogen) atoms. The number of hydrogen-bond acceptors (Lipinski definition) is 5. The largest absolute Gasteiger partial charge is 0.481 e. The van der Waals surface area contributed by atoms with E-state index in [2.05, 4.69) is 15.3 Å². The van der Waals surface area contributed by atoms with Crippen molar-refractivity contribution < 1.29 is 9.53 Å². The highest BCUT2D eigenvalue weighted by atomic mass is 35.5. The second kappa shape index (κ2) is 8.87. The lowest BCUT2D eigenvalue weighted by atomic mass is 10.0. The molecule has 1 N–H and O–H groups in total. The van der Waals surface area contributed by atoms with Crippen molar-refractivity contribution in [2.24, 2.45) is 0 Å². The van der Waals surface area contributed by atoms with Gasteiger partial charge in [-0.1, -0.05) is 29.3 Å². The Kier molecular flexibility index (Phi) is 6.52. The van der Waals surface area contributed by atoms with Crippen LogP contribution in [0.5, 0.6) is 5.88 Å². The topological polar surface area (TPSA) is 67.4 Å². The Morgan fingerprint density at radius 1 is 1.30 bits per heavy atom. The van der Waals surface area contributed by atoms with E-state index in [1.165, 1.54) is 0 Å². The molecule has 0 atom stereocenters. The van der Waals surface area contributed by atoms with E-state index in [0.29, 0.717) is 34.7 Å². The van der Waals surface area contributed by atoms with E-state index in [-0.39, 0.29) is 11.1 Å². The SMILES string of the molecule is COc1nc(-c2ccnc(Cl)c2Cl)ccc1CNC1CCN(C(C)=O)CC1. The molecule has 0 aromatic carbocycles. The maximum atomic E-state index is 11.4. The number of nitrogens with one attached hydrogen (secondary N) is 1. The van der Waals surface area contributed by atoms with Gasteiger partial charge in [0.15, 0.2) is 0 Å². The molecule has 3 rings (SSSR count). The maximum Gasteiger partial charge on any atom is 0.219 e. The molecule has 144 valence electrons. The number of ether oxygens (including phenoxy) is 1. The molecule has 0 aliphatic carbocycles. The minimum Gasteiger partial charge on any atom is -0.481 e. The van der Waals surface area contributed by atoms with Crippen molar-refractivity contribution in [3.63, 3.8) is 0 Å². The van der Waals surface area contributed by atoms with Gasteiger partial charge in [-0.2, -0.15) is 0 Å². The zero-order valence-electron chi connectivity index (χ0n) is 15.3. The zero-order valence-corrected chi connectivity index (χ0v) is 16.8. The van der Waals surface area contributed by atoms with Gasteiger partial charge in [-0.25, -0.2) is 9.97 Å².